The van der Waals surface area contributed by atoms with E-state index in [4.69, 9.17) is 9.37 Å². The zero-order chi connectivity index (χ0) is 22.3. The quantitative estimate of drug-likeness (QED) is 0.429. The standard InChI is InChI=1S/C23H21N3O4S2/c1-15-6-7-16-10-11-26(14-17(16)12-15)32(27,28)21-9-8-20(22-23(21)25-30-24-22)31-19-5-3-4-18(13-19)29-2/h3-9,12-13H,10-11,14H2,1-2H3. The Labute approximate surface area is 190 Å². The average molecular weight is 468 g/mol. The van der Waals surface area contributed by atoms with Gasteiger partial charge in [-0.1, -0.05) is 41.6 Å². The van der Waals surface area contributed by atoms with Crippen molar-refractivity contribution in [3.05, 3.63) is 71.3 Å². The van der Waals surface area contributed by atoms with Crippen LogP contribution in [0.4, 0.5) is 0 Å². The molecule has 0 bridgehead atoms. The van der Waals surface area contributed by atoms with Crippen molar-refractivity contribution in [2.24, 2.45) is 0 Å². The molecule has 2 heterocycles. The fraction of sp³-hybridized carbons (Fsp3) is 0.217. The topological polar surface area (TPSA) is 85.5 Å². The van der Waals surface area contributed by atoms with Crippen LogP contribution in [0.1, 0.15) is 16.7 Å². The highest BCUT2D eigenvalue weighted by atomic mass is 32.2. The molecular formula is C23H21N3O4S2. The maximum Gasteiger partial charge on any atom is 0.245 e. The number of sulfonamides is 1. The molecule has 1 aliphatic rings. The van der Waals surface area contributed by atoms with E-state index in [2.05, 4.69) is 28.5 Å². The van der Waals surface area contributed by atoms with E-state index in [-0.39, 0.29) is 10.4 Å². The van der Waals surface area contributed by atoms with Gasteiger partial charge in [0.1, 0.15) is 10.6 Å². The van der Waals surface area contributed by atoms with Crippen LogP contribution in [0.5, 0.6) is 5.75 Å². The molecule has 5 rings (SSSR count). The van der Waals surface area contributed by atoms with Crippen LogP contribution in [0.3, 0.4) is 0 Å². The van der Waals surface area contributed by atoms with Gasteiger partial charge in [-0.15, -0.1) is 0 Å². The molecule has 1 aromatic heterocycles. The SMILES string of the molecule is COc1cccc(Sc2ccc(S(=O)(=O)N3CCc4ccc(C)cc4C3)c3nonc23)c1. The predicted octanol–water partition coefficient (Wildman–Crippen LogP) is 4.44. The summed E-state index contributed by atoms with van der Waals surface area (Å²) in [5.74, 6) is 0.740. The van der Waals surface area contributed by atoms with Gasteiger partial charge < -0.3 is 4.74 Å². The third-order valence-corrected chi connectivity index (χ3v) is 8.48. The number of rotatable bonds is 5. The van der Waals surface area contributed by atoms with Gasteiger partial charge in [-0.2, -0.15) is 4.31 Å². The van der Waals surface area contributed by atoms with E-state index in [1.807, 2.05) is 31.2 Å². The second kappa shape index (κ2) is 8.23. The first-order valence-electron chi connectivity index (χ1n) is 10.1. The molecule has 4 aromatic rings. The summed E-state index contributed by atoms with van der Waals surface area (Å²) in [7, 11) is -2.16. The highest BCUT2D eigenvalue weighted by Gasteiger charge is 2.31. The van der Waals surface area contributed by atoms with Crippen molar-refractivity contribution >= 4 is 32.8 Å². The number of aryl methyl sites for hydroxylation is 1. The molecule has 7 nitrogen and oxygen atoms in total. The van der Waals surface area contributed by atoms with Gasteiger partial charge in [0, 0.05) is 22.9 Å². The largest absolute Gasteiger partial charge is 0.497 e. The molecule has 0 spiro atoms. The molecule has 164 valence electrons. The van der Waals surface area contributed by atoms with Crippen LogP contribution in [-0.2, 0) is 23.0 Å². The summed E-state index contributed by atoms with van der Waals surface area (Å²) in [6.07, 6.45) is 0.679. The highest BCUT2D eigenvalue weighted by molar-refractivity contribution is 7.99. The number of benzene rings is 3. The Morgan fingerprint density at radius 2 is 1.88 bits per heavy atom. The molecule has 0 atom stereocenters. The van der Waals surface area contributed by atoms with Gasteiger partial charge in [-0.3, -0.25) is 0 Å². The van der Waals surface area contributed by atoms with Crippen molar-refractivity contribution in [1.29, 1.82) is 0 Å². The lowest BCUT2D eigenvalue weighted by Crippen LogP contribution is -2.36. The van der Waals surface area contributed by atoms with Crippen LogP contribution < -0.4 is 4.74 Å². The summed E-state index contributed by atoms with van der Waals surface area (Å²) in [4.78, 5) is 1.81. The minimum absolute atomic E-state index is 0.111. The first-order valence-corrected chi connectivity index (χ1v) is 12.4. The average Bonchev–Trinajstić information content (AvgIpc) is 3.29. The van der Waals surface area contributed by atoms with Gasteiger partial charge in [-0.25, -0.2) is 13.0 Å². The van der Waals surface area contributed by atoms with Gasteiger partial charge in [0.05, 0.1) is 7.11 Å². The van der Waals surface area contributed by atoms with E-state index < -0.39 is 10.0 Å². The van der Waals surface area contributed by atoms with Crippen LogP contribution in [0.15, 0.2) is 73.9 Å². The van der Waals surface area contributed by atoms with Gasteiger partial charge in [0.2, 0.25) is 10.0 Å². The molecule has 0 saturated heterocycles. The molecule has 9 heteroatoms. The molecule has 32 heavy (non-hydrogen) atoms. The zero-order valence-corrected chi connectivity index (χ0v) is 19.2. The Balaban J connectivity index is 1.50. The maximum absolute atomic E-state index is 13.5. The van der Waals surface area contributed by atoms with E-state index in [1.165, 1.54) is 21.6 Å². The van der Waals surface area contributed by atoms with Gasteiger partial charge in [0.25, 0.3) is 0 Å². The summed E-state index contributed by atoms with van der Waals surface area (Å²) in [6, 6.07) is 17.2. The van der Waals surface area contributed by atoms with E-state index in [0.29, 0.717) is 25.0 Å². The smallest absolute Gasteiger partial charge is 0.245 e. The number of methoxy groups -OCH3 is 1. The summed E-state index contributed by atoms with van der Waals surface area (Å²) in [5, 5.41) is 7.95. The predicted molar refractivity (Wildman–Crippen MR) is 121 cm³/mol. The molecular weight excluding hydrogens is 446 g/mol. The first-order chi connectivity index (χ1) is 15.5. The van der Waals surface area contributed by atoms with Crippen molar-refractivity contribution in [3.8, 4) is 5.75 Å². The monoisotopic (exact) mass is 467 g/mol. The van der Waals surface area contributed by atoms with Crippen LogP contribution in [0.2, 0.25) is 0 Å². The second-order valence-corrected chi connectivity index (χ2v) is 10.7. The number of hydrogen-bond donors (Lipinski definition) is 0. The van der Waals surface area contributed by atoms with E-state index in [0.717, 1.165) is 26.7 Å². The minimum atomic E-state index is -3.77. The summed E-state index contributed by atoms with van der Waals surface area (Å²) in [6.45, 7) is 2.77. The number of fused-ring (bicyclic) bond motifs is 2. The number of nitrogens with zero attached hydrogens (tertiary/aromatic N) is 3. The molecule has 0 aliphatic carbocycles. The molecule has 0 saturated carbocycles. The molecule has 0 radical (unpaired) electrons. The molecule has 0 N–H and O–H groups in total. The van der Waals surface area contributed by atoms with Crippen molar-refractivity contribution in [2.45, 2.75) is 34.6 Å². The lowest BCUT2D eigenvalue weighted by Gasteiger charge is -2.28. The number of aromatic nitrogens is 2. The normalized spacial score (nSPS) is 14.4. The number of ether oxygens (including phenoxy) is 1. The molecule has 1 aliphatic heterocycles. The fourth-order valence-electron chi connectivity index (χ4n) is 3.91. The zero-order valence-electron chi connectivity index (χ0n) is 17.6. The third-order valence-electron chi connectivity index (χ3n) is 5.57. The van der Waals surface area contributed by atoms with Gasteiger partial charge in [0.15, 0.2) is 11.0 Å². The lowest BCUT2D eigenvalue weighted by molar-refractivity contribution is 0.314. The summed E-state index contributed by atoms with van der Waals surface area (Å²) < 4.78 is 38.8. The van der Waals surface area contributed by atoms with Crippen molar-refractivity contribution in [2.75, 3.05) is 13.7 Å². The Hall–Kier alpha value is -2.88. The van der Waals surface area contributed by atoms with Crippen LogP contribution >= 0.6 is 11.8 Å². The third kappa shape index (κ3) is 3.76. The maximum atomic E-state index is 13.5. The number of hydrogen-bond acceptors (Lipinski definition) is 7. The van der Waals surface area contributed by atoms with Crippen LogP contribution in [0, 0.1) is 6.92 Å². The Kier molecular flexibility index (Phi) is 5.40. The molecule has 0 amide bonds. The van der Waals surface area contributed by atoms with Gasteiger partial charge in [-0.05, 0) is 65.1 Å². The molecule has 3 aromatic carbocycles. The minimum Gasteiger partial charge on any atom is -0.497 e. The van der Waals surface area contributed by atoms with E-state index in [1.54, 1.807) is 19.2 Å². The fourth-order valence-corrected chi connectivity index (χ4v) is 6.39. The Morgan fingerprint density at radius 1 is 1.03 bits per heavy atom. The van der Waals surface area contributed by atoms with E-state index >= 15 is 0 Å². The lowest BCUT2D eigenvalue weighted by atomic mass is 9.99. The Morgan fingerprint density at radius 3 is 2.72 bits per heavy atom. The molecule has 0 fully saturated rings. The highest BCUT2D eigenvalue weighted by Crippen LogP contribution is 2.37. The summed E-state index contributed by atoms with van der Waals surface area (Å²) >= 11 is 1.45. The van der Waals surface area contributed by atoms with Crippen LogP contribution in [-0.4, -0.2) is 36.7 Å². The molecule has 0 unspecified atom stereocenters. The van der Waals surface area contributed by atoms with Crippen molar-refractivity contribution in [1.82, 2.24) is 14.6 Å². The van der Waals surface area contributed by atoms with Crippen molar-refractivity contribution < 1.29 is 17.8 Å². The summed E-state index contributed by atoms with van der Waals surface area (Å²) in [5.41, 5.74) is 4.02. The van der Waals surface area contributed by atoms with Crippen LogP contribution in [0.25, 0.3) is 11.0 Å². The first kappa shape index (κ1) is 21.0. The van der Waals surface area contributed by atoms with Crippen molar-refractivity contribution in [3.63, 3.8) is 0 Å². The van der Waals surface area contributed by atoms with E-state index in [9.17, 15) is 8.42 Å². The Bertz CT molecular complexity index is 1420. The second-order valence-electron chi connectivity index (χ2n) is 7.67. The van der Waals surface area contributed by atoms with Gasteiger partial charge >= 0.3 is 0 Å².